The van der Waals surface area contributed by atoms with Crippen molar-refractivity contribution in [1.29, 1.82) is 0 Å². The van der Waals surface area contributed by atoms with Crippen LogP contribution < -0.4 is 11.3 Å². The lowest BCUT2D eigenvalue weighted by molar-refractivity contribution is 0.542. The van der Waals surface area contributed by atoms with Crippen molar-refractivity contribution in [3.8, 4) is 0 Å². The number of nitrogens with two attached hydrogens (primary N) is 1. The average molecular weight is 272 g/mol. The summed E-state index contributed by atoms with van der Waals surface area (Å²) in [7, 11) is 0. The van der Waals surface area contributed by atoms with E-state index in [-0.39, 0.29) is 11.9 Å². The molecule has 0 saturated carbocycles. The minimum atomic E-state index is -0.195. The first-order valence-electron chi connectivity index (χ1n) is 5.64. The molecule has 5 heteroatoms. The molecule has 2 rings (SSSR count). The van der Waals surface area contributed by atoms with Crippen LogP contribution in [-0.2, 0) is 0 Å². The minimum absolute atomic E-state index is 0.0310. The summed E-state index contributed by atoms with van der Waals surface area (Å²) in [5, 5.41) is 0.416. The molecule has 2 nitrogen and oxygen atoms in total. The number of hydrazine groups is 1. The molecule has 1 aromatic rings. The summed E-state index contributed by atoms with van der Waals surface area (Å²) in [5.41, 5.74) is 4.92. The van der Waals surface area contributed by atoms with E-state index in [9.17, 15) is 4.39 Å². The highest BCUT2D eigenvalue weighted by Gasteiger charge is 2.26. The molecule has 0 amide bonds. The van der Waals surface area contributed by atoms with Crippen LogP contribution in [0.15, 0.2) is 18.2 Å². The van der Waals surface area contributed by atoms with E-state index in [1.165, 1.54) is 11.8 Å². The van der Waals surface area contributed by atoms with Crippen molar-refractivity contribution in [2.75, 3.05) is 17.3 Å². The molecule has 3 N–H and O–H groups in total. The molecule has 0 spiro atoms. The van der Waals surface area contributed by atoms with Gasteiger partial charge in [0, 0.05) is 22.5 Å². The molecule has 1 aliphatic heterocycles. The number of hydrogen-bond acceptors (Lipinski definition) is 4. The van der Waals surface area contributed by atoms with Gasteiger partial charge in [-0.2, -0.15) is 23.5 Å². The van der Waals surface area contributed by atoms with Gasteiger partial charge in [-0.3, -0.25) is 11.3 Å². The molecule has 0 radical (unpaired) electrons. The zero-order valence-electron chi connectivity index (χ0n) is 9.78. The monoisotopic (exact) mass is 272 g/mol. The van der Waals surface area contributed by atoms with E-state index in [2.05, 4.69) is 5.43 Å². The first kappa shape index (κ1) is 13.2. The van der Waals surface area contributed by atoms with Crippen LogP contribution in [0.2, 0.25) is 0 Å². The molecule has 2 atom stereocenters. The molecule has 1 saturated heterocycles. The Morgan fingerprint density at radius 1 is 1.47 bits per heavy atom. The Bertz CT molecular complexity index is 381. The third-order valence-corrected chi connectivity index (χ3v) is 5.83. The van der Waals surface area contributed by atoms with Gasteiger partial charge < -0.3 is 0 Å². The lowest BCUT2D eigenvalue weighted by Crippen LogP contribution is -2.38. The number of aryl methyl sites for hydroxylation is 1. The maximum absolute atomic E-state index is 13.3. The Hall–Kier alpha value is -0.230. The van der Waals surface area contributed by atoms with Crippen LogP contribution in [0.1, 0.15) is 17.2 Å². The SMILES string of the molecule is Cc1ccc(F)cc1C(NN)C1CSCCS1. The molecular weight excluding hydrogens is 255 g/mol. The van der Waals surface area contributed by atoms with E-state index in [4.69, 9.17) is 5.84 Å². The third kappa shape index (κ3) is 3.16. The van der Waals surface area contributed by atoms with E-state index < -0.39 is 0 Å². The summed E-state index contributed by atoms with van der Waals surface area (Å²) in [4.78, 5) is 0. The molecule has 94 valence electrons. The topological polar surface area (TPSA) is 38.0 Å². The Morgan fingerprint density at radius 3 is 2.94 bits per heavy atom. The summed E-state index contributed by atoms with van der Waals surface area (Å²) in [6.07, 6.45) is 0. The molecule has 1 aliphatic rings. The van der Waals surface area contributed by atoms with Crippen LogP contribution in [0.3, 0.4) is 0 Å². The van der Waals surface area contributed by atoms with Gasteiger partial charge in [-0.05, 0) is 30.2 Å². The maximum Gasteiger partial charge on any atom is 0.123 e. The minimum Gasteiger partial charge on any atom is -0.271 e. The molecule has 0 bridgehead atoms. The fourth-order valence-corrected chi connectivity index (χ4v) is 4.88. The summed E-state index contributed by atoms with van der Waals surface area (Å²) in [5.74, 6) is 8.87. The molecule has 1 heterocycles. The van der Waals surface area contributed by atoms with E-state index in [0.717, 1.165) is 22.6 Å². The Balaban J connectivity index is 2.24. The fraction of sp³-hybridized carbons (Fsp3) is 0.500. The van der Waals surface area contributed by atoms with Crippen molar-refractivity contribution in [3.05, 3.63) is 35.1 Å². The fourth-order valence-electron chi connectivity index (χ4n) is 2.04. The number of benzene rings is 1. The lowest BCUT2D eigenvalue weighted by atomic mass is 9.99. The van der Waals surface area contributed by atoms with Gasteiger partial charge in [0.05, 0.1) is 6.04 Å². The Morgan fingerprint density at radius 2 is 2.29 bits per heavy atom. The lowest BCUT2D eigenvalue weighted by Gasteiger charge is -2.30. The second-order valence-corrected chi connectivity index (χ2v) is 6.63. The van der Waals surface area contributed by atoms with E-state index in [0.29, 0.717) is 5.25 Å². The molecule has 0 aliphatic carbocycles. The van der Waals surface area contributed by atoms with Crippen molar-refractivity contribution < 1.29 is 4.39 Å². The largest absolute Gasteiger partial charge is 0.271 e. The van der Waals surface area contributed by atoms with Gasteiger partial charge in [-0.25, -0.2) is 4.39 Å². The van der Waals surface area contributed by atoms with Crippen LogP contribution in [0, 0.1) is 12.7 Å². The normalized spacial score (nSPS) is 22.4. The standard InChI is InChI=1S/C12H17FN2S2/c1-8-2-3-9(13)6-10(8)12(15-14)11-7-16-4-5-17-11/h2-3,6,11-12,15H,4-5,7,14H2,1H3. The summed E-state index contributed by atoms with van der Waals surface area (Å²) < 4.78 is 13.3. The van der Waals surface area contributed by atoms with Gasteiger partial charge in [0.1, 0.15) is 5.82 Å². The first-order chi connectivity index (χ1) is 8.22. The van der Waals surface area contributed by atoms with Crippen LogP contribution in [0.5, 0.6) is 0 Å². The molecule has 1 fully saturated rings. The number of thioether (sulfide) groups is 2. The Kier molecular flexibility index (Phi) is 4.73. The van der Waals surface area contributed by atoms with Crippen molar-refractivity contribution in [1.82, 2.24) is 5.43 Å². The third-order valence-electron chi connectivity index (χ3n) is 2.97. The predicted molar refractivity (Wildman–Crippen MR) is 74.8 cm³/mol. The van der Waals surface area contributed by atoms with Gasteiger partial charge in [-0.15, -0.1) is 0 Å². The first-order valence-corrected chi connectivity index (χ1v) is 7.84. The van der Waals surface area contributed by atoms with Crippen molar-refractivity contribution in [3.63, 3.8) is 0 Å². The Labute approximate surface area is 110 Å². The zero-order chi connectivity index (χ0) is 12.3. The summed E-state index contributed by atoms with van der Waals surface area (Å²) >= 11 is 3.86. The highest BCUT2D eigenvalue weighted by atomic mass is 32.2. The highest BCUT2D eigenvalue weighted by Crippen LogP contribution is 2.34. The van der Waals surface area contributed by atoms with Gasteiger partial charge >= 0.3 is 0 Å². The second kappa shape index (κ2) is 6.09. The van der Waals surface area contributed by atoms with Gasteiger partial charge in [0.25, 0.3) is 0 Å². The van der Waals surface area contributed by atoms with Crippen molar-refractivity contribution >= 4 is 23.5 Å². The van der Waals surface area contributed by atoms with Crippen LogP contribution in [0.4, 0.5) is 4.39 Å². The molecule has 2 unspecified atom stereocenters. The number of halogens is 1. The van der Waals surface area contributed by atoms with Gasteiger partial charge in [-0.1, -0.05) is 6.07 Å². The van der Waals surface area contributed by atoms with Gasteiger partial charge in [0.2, 0.25) is 0 Å². The van der Waals surface area contributed by atoms with Gasteiger partial charge in [0.15, 0.2) is 0 Å². The second-order valence-electron chi connectivity index (χ2n) is 4.13. The van der Waals surface area contributed by atoms with Crippen LogP contribution in [0.25, 0.3) is 0 Å². The van der Waals surface area contributed by atoms with Crippen molar-refractivity contribution in [2.24, 2.45) is 5.84 Å². The molecule has 17 heavy (non-hydrogen) atoms. The van der Waals surface area contributed by atoms with E-state index >= 15 is 0 Å². The molecule has 0 aromatic heterocycles. The van der Waals surface area contributed by atoms with Crippen LogP contribution >= 0.6 is 23.5 Å². The summed E-state index contributed by atoms with van der Waals surface area (Å²) in [6.45, 7) is 2.00. The quantitative estimate of drug-likeness (QED) is 0.655. The molecular formula is C12H17FN2S2. The van der Waals surface area contributed by atoms with Crippen molar-refractivity contribution in [2.45, 2.75) is 18.2 Å². The number of rotatable bonds is 3. The maximum atomic E-state index is 13.3. The smallest absolute Gasteiger partial charge is 0.123 e. The number of hydrogen-bond donors (Lipinski definition) is 2. The highest BCUT2D eigenvalue weighted by molar-refractivity contribution is 8.06. The average Bonchev–Trinajstić information content (AvgIpc) is 2.36. The van der Waals surface area contributed by atoms with E-state index in [1.807, 2.05) is 36.5 Å². The predicted octanol–water partition coefficient (Wildman–Crippen LogP) is 2.49. The van der Waals surface area contributed by atoms with Crippen LogP contribution in [-0.4, -0.2) is 22.5 Å². The zero-order valence-corrected chi connectivity index (χ0v) is 11.4. The summed E-state index contributed by atoms with van der Waals surface area (Å²) in [6, 6.07) is 4.94. The number of nitrogens with one attached hydrogen (secondary N) is 1. The van der Waals surface area contributed by atoms with E-state index in [1.54, 1.807) is 6.07 Å². The molecule has 1 aromatic carbocycles.